The maximum absolute atomic E-state index is 11.7. The number of rotatable bonds is 7. The highest BCUT2D eigenvalue weighted by Gasteiger charge is 2.19. The first-order valence-electron chi connectivity index (χ1n) is 9.42. The molecule has 8 nitrogen and oxygen atoms in total. The highest BCUT2D eigenvalue weighted by atomic mass is 16.5. The first-order valence-corrected chi connectivity index (χ1v) is 9.42. The summed E-state index contributed by atoms with van der Waals surface area (Å²) in [6, 6.07) is 5.72. The van der Waals surface area contributed by atoms with Gasteiger partial charge < -0.3 is 25.1 Å². The van der Waals surface area contributed by atoms with E-state index in [-0.39, 0.29) is 12.0 Å². The van der Waals surface area contributed by atoms with Gasteiger partial charge in [0.05, 0.1) is 13.2 Å². The molecule has 0 radical (unpaired) electrons. The standard InChI is InChI=1S/C20H26N4O4/c1-12-18(23-13(2)25)19(24-20(26)22-12)21-11-14-8-9-16(27-3)17(10-14)28-15-6-4-5-7-15/h8-10,15H,4-7,11H2,1-3H3,(H,23,25)(H2,21,22,24,26). The largest absolute Gasteiger partial charge is 0.493 e. The van der Waals surface area contributed by atoms with Gasteiger partial charge in [0.1, 0.15) is 5.69 Å². The van der Waals surface area contributed by atoms with E-state index in [1.54, 1.807) is 14.0 Å². The van der Waals surface area contributed by atoms with Crippen molar-refractivity contribution in [2.45, 2.75) is 52.2 Å². The molecule has 0 spiro atoms. The van der Waals surface area contributed by atoms with Gasteiger partial charge in [0.15, 0.2) is 17.3 Å². The van der Waals surface area contributed by atoms with E-state index in [1.165, 1.54) is 19.8 Å². The van der Waals surface area contributed by atoms with Crippen LogP contribution in [0.1, 0.15) is 43.9 Å². The lowest BCUT2D eigenvalue weighted by Crippen LogP contribution is -2.20. The summed E-state index contributed by atoms with van der Waals surface area (Å²) in [5.41, 5.74) is 1.47. The van der Waals surface area contributed by atoms with Gasteiger partial charge in [0.2, 0.25) is 5.91 Å². The van der Waals surface area contributed by atoms with Gasteiger partial charge in [-0.1, -0.05) is 6.07 Å². The molecular formula is C20H26N4O4. The number of hydrogen-bond acceptors (Lipinski definition) is 6. The molecule has 150 valence electrons. The number of ether oxygens (including phenoxy) is 2. The summed E-state index contributed by atoms with van der Waals surface area (Å²) in [5, 5.41) is 5.84. The van der Waals surface area contributed by atoms with Crippen molar-refractivity contribution in [1.29, 1.82) is 0 Å². The number of methoxy groups -OCH3 is 1. The van der Waals surface area contributed by atoms with Gasteiger partial charge in [-0.2, -0.15) is 4.98 Å². The minimum absolute atomic E-state index is 0.223. The van der Waals surface area contributed by atoms with Crippen molar-refractivity contribution in [3.8, 4) is 11.5 Å². The molecule has 2 aromatic rings. The van der Waals surface area contributed by atoms with Crippen LogP contribution in [0, 0.1) is 6.92 Å². The second-order valence-corrected chi connectivity index (χ2v) is 6.93. The molecule has 1 aromatic carbocycles. The summed E-state index contributed by atoms with van der Waals surface area (Å²) in [4.78, 5) is 29.7. The summed E-state index contributed by atoms with van der Waals surface area (Å²) < 4.78 is 11.5. The molecule has 1 amide bonds. The van der Waals surface area contributed by atoms with Crippen LogP contribution in [0.25, 0.3) is 0 Å². The van der Waals surface area contributed by atoms with Crippen LogP contribution in [0.4, 0.5) is 11.5 Å². The smallest absolute Gasteiger partial charge is 0.347 e. The number of nitrogens with one attached hydrogen (secondary N) is 3. The van der Waals surface area contributed by atoms with Crippen LogP contribution in [0.3, 0.4) is 0 Å². The van der Waals surface area contributed by atoms with Gasteiger partial charge in [0.25, 0.3) is 0 Å². The predicted molar refractivity (Wildman–Crippen MR) is 107 cm³/mol. The van der Waals surface area contributed by atoms with Crippen molar-refractivity contribution in [3.05, 3.63) is 39.9 Å². The maximum atomic E-state index is 11.7. The van der Waals surface area contributed by atoms with Crippen molar-refractivity contribution in [2.24, 2.45) is 0 Å². The number of hydrogen-bond donors (Lipinski definition) is 3. The van der Waals surface area contributed by atoms with Crippen LogP contribution in [-0.4, -0.2) is 29.1 Å². The first kappa shape index (κ1) is 19.7. The number of aromatic nitrogens is 2. The highest BCUT2D eigenvalue weighted by Crippen LogP contribution is 2.32. The average molecular weight is 386 g/mol. The Labute approximate surface area is 163 Å². The van der Waals surface area contributed by atoms with Crippen LogP contribution < -0.4 is 25.8 Å². The Morgan fingerprint density at radius 2 is 2.04 bits per heavy atom. The van der Waals surface area contributed by atoms with E-state index in [0.717, 1.165) is 18.4 Å². The molecule has 0 atom stereocenters. The van der Waals surface area contributed by atoms with Crippen molar-refractivity contribution in [1.82, 2.24) is 9.97 Å². The molecular weight excluding hydrogens is 360 g/mol. The van der Waals surface area contributed by atoms with Crippen molar-refractivity contribution < 1.29 is 14.3 Å². The molecule has 0 bridgehead atoms. The topological polar surface area (TPSA) is 105 Å². The molecule has 3 N–H and O–H groups in total. The number of carbonyl (C=O) groups excluding carboxylic acids is 1. The lowest BCUT2D eigenvalue weighted by molar-refractivity contribution is -0.114. The molecule has 3 rings (SSSR count). The molecule has 1 aliphatic carbocycles. The van der Waals surface area contributed by atoms with E-state index < -0.39 is 5.69 Å². The summed E-state index contributed by atoms with van der Waals surface area (Å²) in [6.07, 6.45) is 4.71. The zero-order valence-corrected chi connectivity index (χ0v) is 16.4. The molecule has 0 unspecified atom stereocenters. The first-order chi connectivity index (χ1) is 13.5. The zero-order valence-electron chi connectivity index (χ0n) is 16.4. The number of benzene rings is 1. The van der Waals surface area contributed by atoms with Gasteiger partial charge in [-0.05, 0) is 50.3 Å². The van der Waals surface area contributed by atoms with Crippen LogP contribution in [-0.2, 0) is 11.3 Å². The predicted octanol–water partition coefficient (Wildman–Crippen LogP) is 2.98. The van der Waals surface area contributed by atoms with Crippen molar-refractivity contribution in [3.63, 3.8) is 0 Å². The number of nitrogens with zero attached hydrogens (tertiary/aromatic N) is 1. The molecule has 8 heteroatoms. The second kappa shape index (κ2) is 8.77. The number of aromatic amines is 1. The fourth-order valence-corrected chi connectivity index (χ4v) is 3.34. The molecule has 0 aliphatic heterocycles. The molecule has 1 fully saturated rings. The monoisotopic (exact) mass is 386 g/mol. The summed E-state index contributed by atoms with van der Waals surface area (Å²) in [5.74, 6) is 1.49. The molecule has 1 aromatic heterocycles. The third kappa shape index (κ3) is 4.82. The number of aryl methyl sites for hydroxylation is 1. The number of amides is 1. The van der Waals surface area contributed by atoms with Gasteiger partial charge >= 0.3 is 5.69 Å². The molecule has 1 heterocycles. The molecule has 1 saturated carbocycles. The Morgan fingerprint density at radius 1 is 1.29 bits per heavy atom. The van der Waals surface area contributed by atoms with Crippen molar-refractivity contribution in [2.75, 3.05) is 17.7 Å². The SMILES string of the molecule is COc1ccc(CNc2nc(=O)[nH]c(C)c2NC(C)=O)cc1OC1CCCC1. The van der Waals surface area contributed by atoms with E-state index in [2.05, 4.69) is 20.6 Å². The van der Waals surface area contributed by atoms with Crippen LogP contribution in [0.15, 0.2) is 23.0 Å². The van der Waals surface area contributed by atoms with E-state index in [9.17, 15) is 9.59 Å². The Hall–Kier alpha value is -3.03. The Balaban J connectivity index is 1.79. The molecule has 1 aliphatic rings. The molecule has 0 saturated heterocycles. The number of carbonyl (C=O) groups is 1. The fourth-order valence-electron chi connectivity index (χ4n) is 3.34. The van der Waals surface area contributed by atoms with Gasteiger partial charge in [-0.15, -0.1) is 0 Å². The fraction of sp³-hybridized carbons (Fsp3) is 0.450. The Morgan fingerprint density at radius 3 is 2.71 bits per heavy atom. The normalized spacial score (nSPS) is 14.0. The Bertz CT molecular complexity index is 904. The van der Waals surface area contributed by atoms with E-state index in [0.29, 0.717) is 35.2 Å². The van der Waals surface area contributed by atoms with E-state index in [4.69, 9.17) is 9.47 Å². The van der Waals surface area contributed by atoms with Gasteiger partial charge in [-0.3, -0.25) is 4.79 Å². The van der Waals surface area contributed by atoms with Gasteiger partial charge in [0, 0.05) is 19.2 Å². The maximum Gasteiger partial charge on any atom is 0.347 e. The third-order valence-electron chi connectivity index (χ3n) is 4.70. The quantitative estimate of drug-likeness (QED) is 0.676. The van der Waals surface area contributed by atoms with Crippen LogP contribution >= 0.6 is 0 Å². The minimum Gasteiger partial charge on any atom is -0.493 e. The Kier molecular flexibility index (Phi) is 6.18. The second-order valence-electron chi connectivity index (χ2n) is 6.93. The van der Waals surface area contributed by atoms with Gasteiger partial charge in [-0.25, -0.2) is 4.79 Å². The number of anilines is 2. The van der Waals surface area contributed by atoms with E-state index >= 15 is 0 Å². The molecule has 28 heavy (non-hydrogen) atoms. The minimum atomic E-state index is -0.478. The summed E-state index contributed by atoms with van der Waals surface area (Å²) >= 11 is 0. The van der Waals surface area contributed by atoms with Crippen LogP contribution in [0.5, 0.6) is 11.5 Å². The van der Waals surface area contributed by atoms with Crippen LogP contribution in [0.2, 0.25) is 0 Å². The lowest BCUT2D eigenvalue weighted by Gasteiger charge is -2.17. The van der Waals surface area contributed by atoms with Crippen molar-refractivity contribution >= 4 is 17.4 Å². The number of H-pyrrole nitrogens is 1. The highest BCUT2D eigenvalue weighted by molar-refractivity contribution is 5.92. The zero-order chi connectivity index (χ0) is 20.1. The average Bonchev–Trinajstić information content (AvgIpc) is 3.15. The summed E-state index contributed by atoms with van der Waals surface area (Å²) in [7, 11) is 1.62. The summed E-state index contributed by atoms with van der Waals surface area (Å²) in [6.45, 7) is 3.53. The lowest BCUT2D eigenvalue weighted by atomic mass is 10.2. The van der Waals surface area contributed by atoms with E-state index in [1.807, 2.05) is 18.2 Å². The third-order valence-corrected chi connectivity index (χ3v) is 4.70.